The second-order valence-corrected chi connectivity index (χ2v) is 5.60. The van der Waals surface area contributed by atoms with Crippen LogP contribution in [0.1, 0.15) is 6.92 Å². The molecule has 2 aromatic heterocycles. The zero-order valence-electron chi connectivity index (χ0n) is 11.8. The van der Waals surface area contributed by atoms with Crippen molar-refractivity contribution >= 4 is 39.6 Å². The predicted octanol–water partition coefficient (Wildman–Crippen LogP) is 1.50. The number of hydrogen-bond acceptors (Lipinski definition) is 5. The molecule has 0 radical (unpaired) electrons. The van der Waals surface area contributed by atoms with Crippen LogP contribution in [0.2, 0.25) is 0 Å². The molecule has 22 heavy (non-hydrogen) atoms. The largest absolute Gasteiger partial charge is 0.349 e. The molecular weight excluding hydrogens is 304 g/mol. The van der Waals surface area contributed by atoms with E-state index in [1.165, 1.54) is 4.57 Å². The molecule has 0 unspecified atom stereocenters. The smallest absolute Gasteiger partial charge is 0.278 e. The number of carbonyl (C=O) groups is 1. The normalized spacial score (nSPS) is 11.2. The Morgan fingerprint density at radius 2 is 2.23 bits per heavy atom. The zero-order valence-corrected chi connectivity index (χ0v) is 12.6. The lowest BCUT2D eigenvalue weighted by Gasteiger charge is -2.09. The fraction of sp³-hybridized carbons (Fsp3) is 0.214. The van der Waals surface area contributed by atoms with Crippen LogP contribution >= 0.6 is 11.8 Å². The summed E-state index contributed by atoms with van der Waals surface area (Å²) < 4.78 is 1.51. The SMILES string of the molecule is CCn1c(SCC(=O)NO)nc2c([nH]c3ccccc32)c1=O. The first-order valence-electron chi connectivity index (χ1n) is 6.72. The Kier molecular flexibility index (Phi) is 3.86. The topological polar surface area (TPSA) is 100 Å². The monoisotopic (exact) mass is 318 g/mol. The fourth-order valence-corrected chi connectivity index (χ4v) is 3.18. The number of fused-ring (bicyclic) bond motifs is 3. The molecule has 114 valence electrons. The van der Waals surface area contributed by atoms with Crippen LogP contribution in [0.3, 0.4) is 0 Å². The van der Waals surface area contributed by atoms with Gasteiger partial charge in [-0.2, -0.15) is 0 Å². The first-order valence-corrected chi connectivity index (χ1v) is 7.71. The minimum Gasteiger partial charge on any atom is -0.349 e. The minimum atomic E-state index is -0.541. The number of H-pyrrole nitrogens is 1. The Labute approximate surface area is 129 Å². The maximum atomic E-state index is 12.6. The maximum absolute atomic E-state index is 12.6. The van der Waals surface area contributed by atoms with E-state index in [0.29, 0.717) is 22.7 Å². The number of aromatic nitrogens is 3. The number of para-hydroxylation sites is 1. The third-order valence-corrected chi connectivity index (χ3v) is 4.33. The van der Waals surface area contributed by atoms with Crippen molar-refractivity contribution < 1.29 is 10.0 Å². The Balaban J connectivity index is 2.20. The van der Waals surface area contributed by atoms with Crippen LogP contribution < -0.4 is 11.0 Å². The molecule has 0 aliphatic rings. The number of hydroxylamine groups is 1. The molecule has 0 bridgehead atoms. The summed E-state index contributed by atoms with van der Waals surface area (Å²) in [5.74, 6) is -0.558. The van der Waals surface area contributed by atoms with E-state index < -0.39 is 5.91 Å². The van der Waals surface area contributed by atoms with Gasteiger partial charge in [-0.3, -0.25) is 19.4 Å². The van der Waals surface area contributed by atoms with Crippen molar-refractivity contribution in [3.8, 4) is 0 Å². The highest BCUT2D eigenvalue weighted by Crippen LogP contribution is 2.24. The van der Waals surface area contributed by atoms with Crippen LogP contribution in [-0.4, -0.2) is 31.4 Å². The summed E-state index contributed by atoms with van der Waals surface area (Å²) in [4.78, 5) is 31.4. The Hall–Kier alpha value is -2.32. The van der Waals surface area contributed by atoms with Crippen LogP contribution in [-0.2, 0) is 11.3 Å². The van der Waals surface area contributed by atoms with Crippen molar-refractivity contribution in [1.29, 1.82) is 0 Å². The van der Waals surface area contributed by atoms with Gasteiger partial charge in [0.1, 0.15) is 11.0 Å². The Morgan fingerprint density at radius 3 is 2.95 bits per heavy atom. The lowest BCUT2D eigenvalue weighted by atomic mass is 10.2. The van der Waals surface area contributed by atoms with E-state index in [2.05, 4.69) is 9.97 Å². The number of aromatic amines is 1. The molecule has 0 fully saturated rings. The van der Waals surface area contributed by atoms with E-state index in [-0.39, 0.29) is 11.3 Å². The van der Waals surface area contributed by atoms with Crippen molar-refractivity contribution in [3.63, 3.8) is 0 Å². The molecule has 0 spiro atoms. The van der Waals surface area contributed by atoms with Crippen LogP contribution in [0, 0.1) is 0 Å². The number of benzene rings is 1. The van der Waals surface area contributed by atoms with E-state index in [4.69, 9.17) is 5.21 Å². The highest BCUT2D eigenvalue weighted by molar-refractivity contribution is 7.99. The first kappa shape index (κ1) is 14.6. The lowest BCUT2D eigenvalue weighted by Crippen LogP contribution is -2.24. The van der Waals surface area contributed by atoms with Crippen molar-refractivity contribution in [1.82, 2.24) is 20.0 Å². The number of amides is 1. The summed E-state index contributed by atoms with van der Waals surface area (Å²) in [5, 5.41) is 9.89. The molecule has 8 heteroatoms. The van der Waals surface area contributed by atoms with Gasteiger partial charge < -0.3 is 4.98 Å². The zero-order chi connectivity index (χ0) is 15.7. The van der Waals surface area contributed by atoms with Gasteiger partial charge in [0.2, 0.25) is 0 Å². The third kappa shape index (κ3) is 2.36. The van der Waals surface area contributed by atoms with Crippen LogP contribution in [0.5, 0.6) is 0 Å². The highest BCUT2D eigenvalue weighted by atomic mass is 32.2. The van der Waals surface area contributed by atoms with Crippen molar-refractivity contribution in [2.24, 2.45) is 0 Å². The summed E-state index contributed by atoms with van der Waals surface area (Å²) in [5.41, 5.74) is 3.30. The van der Waals surface area contributed by atoms with E-state index in [1.807, 2.05) is 31.2 Å². The van der Waals surface area contributed by atoms with Crippen molar-refractivity contribution in [2.45, 2.75) is 18.6 Å². The van der Waals surface area contributed by atoms with Gasteiger partial charge in [-0.25, -0.2) is 10.5 Å². The number of rotatable bonds is 4. The van der Waals surface area contributed by atoms with E-state index in [0.717, 1.165) is 22.7 Å². The van der Waals surface area contributed by atoms with Crippen molar-refractivity contribution in [2.75, 3.05) is 5.75 Å². The summed E-state index contributed by atoms with van der Waals surface area (Å²) in [6, 6.07) is 7.55. The van der Waals surface area contributed by atoms with E-state index in [9.17, 15) is 9.59 Å². The van der Waals surface area contributed by atoms with Gasteiger partial charge in [-0.05, 0) is 13.0 Å². The van der Waals surface area contributed by atoms with Gasteiger partial charge in [-0.1, -0.05) is 30.0 Å². The summed E-state index contributed by atoms with van der Waals surface area (Å²) in [6.45, 7) is 2.29. The van der Waals surface area contributed by atoms with Crippen LogP contribution in [0.4, 0.5) is 0 Å². The van der Waals surface area contributed by atoms with Gasteiger partial charge in [0.05, 0.1) is 5.75 Å². The average Bonchev–Trinajstić information content (AvgIpc) is 2.92. The molecule has 0 atom stereocenters. The quantitative estimate of drug-likeness (QED) is 0.293. The minimum absolute atomic E-state index is 0.0171. The molecular formula is C14H14N4O3S. The molecule has 2 heterocycles. The molecule has 0 saturated carbocycles. The number of hydrogen-bond donors (Lipinski definition) is 3. The van der Waals surface area contributed by atoms with Crippen molar-refractivity contribution in [3.05, 3.63) is 34.6 Å². The van der Waals surface area contributed by atoms with Gasteiger partial charge in [0, 0.05) is 17.4 Å². The van der Waals surface area contributed by atoms with E-state index in [1.54, 1.807) is 5.48 Å². The predicted molar refractivity (Wildman–Crippen MR) is 84.2 cm³/mol. The summed E-state index contributed by atoms with van der Waals surface area (Å²) >= 11 is 1.11. The number of thioether (sulfide) groups is 1. The molecule has 3 rings (SSSR count). The number of nitrogens with one attached hydrogen (secondary N) is 2. The molecule has 0 aliphatic carbocycles. The van der Waals surface area contributed by atoms with Crippen LogP contribution in [0.15, 0.2) is 34.2 Å². The fourth-order valence-electron chi connectivity index (χ4n) is 2.33. The standard InChI is InChI=1S/C14H14N4O3S/c1-2-18-13(20)12-11(8-5-3-4-6-9(8)15-12)16-14(18)22-7-10(19)17-21/h3-6,15,21H,2,7H2,1H3,(H,17,19). The van der Waals surface area contributed by atoms with E-state index >= 15 is 0 Å². The lowest BCUT2D eigenvalue weighted by molar-refractivity contribution is -0.126. The molecule has 0 saturated heterocycles. The molecule has 1 amide bonds. The summed E-state index contributed by atoms with van der Waals surface area (Å²) in [7, 11) is 0. The number of carbonyl (C=O) groups excluding carboxylic acids is 1. The summed E-state index contributed by atoms with van der Waals surface area (Å²) in [6.07, 6.45) is 0. The molecule has 3 aromatic rings. The molecule has 7 nitrogen and oxygen atoms in total. The molecule has 0 aliphatic heterocycles. The first-order chi connectivity index (χ1) is 10.7. The average molecular weight is 318 g/mol. The number of nitrogens with zero attached hydrogens (tertiary/aromatic N) is 2. The molecule has 3 N–H and O–H groups in total. The Morgan fingerprint density at radius 1 is 1.45 bits per heavy atom. The van der Waals surface area contributed by atoms with Crippen LogP contribution in [0.25, 0.3) is 21.9 Å². The molecule has 1 aromatic carbocycles. The Bertz CT molecular complexity index is 915. The maximum Gasteiger partial charge on any atom is 0.278 e. The highest BCUT2D eigenvalue weighted by Gasteiger charge is 2.15. The van der Waals surface area contributed by atoms with Gasteiger partial charge in [-0.15, -0.1) is 0 Å². The van der Waals surface area contributed by atoms with Gasteiger partial charge in [0.15, 0.2) is 5.16 Å². The van der Waals surface area contributed by atoms with Gasteiger partial charge in [0.25, 0.3) is 11.5 Å². The second kappa shape index (κ2) is 5.82. The van der Waals surface area contributed by atoms with Gasteiger partial charge >= 0.3 is 0 Å². The third-order valence-electron chi connectivity index (χ3n) is 3.35. The second-order valence-electron chi connectivity index (χ2n) is 4.66.